The van der Waals surface area contributed by atoms with Crippen LogP contribution < -0.4 is 5.73 Å². The number of ether oxygens (including phenoxy) is 2. The van der Waals surface area contributed by atoms with Gasteiger partial charge < -0.3 is 15.2 Å². The molecule has 0 aromatic rings. The standard InChI is InChI=1S/C11H21NO2/c1-9(8-13-2)7-10(12)11-5-3-4-6-14-11/h5,9-10H,3-4,6-8,12H2,1-2H3. The highest BCUT2D eigenvalue weighted by molar-refractivity contribution is 5.04. The van der Waals surface area contributed by atoms with E-state index in [4.69, 9.17) is 15.2 Å². The molecular formula is C11H21NO2. The van der Waals surface area contributed by atoms with Crippen LogP contribution in [0.25, 0.3) is 0 Å². The van der Waals surface area contributed by atoms with Crippen LogP contribution in [0.3, 0.4) is 0 Å². The summed E-state index contributed by atoms with van der Waals surface area (Å²) in [5, 5.41) is 0. The molecule has 1 aliphatic heterocycles. The highest BCUT2D eigenvalue weighted by Gasteiger charge is 2.16. The summed E-state index contributed by atoms with van der Waals surface area (Å²) < 4.78 is 10.6. The maximum absolute atomic E-state index is 6.03. The summed E-state index contributed by atoms with van der Waals surface area (Å²) in [6, 6.07) is 0.0421. The third-order valence-electron chi connectivity index (χ3n) is 2.44. The van der Waals surface area contributed by atoms with Crippen LogP contribution in [0, 0.1) is 5.92 Å². The molecule has 0 aromatic carbocycles. The third-order valence-corrected chi connectivity index (χ3v) is 2.44. The Labute approximate surface area is 86.3 Å². The summed E-state index contributed by atoms with van der Waals surface area (Å²) in [7, 11) is 1.72. The van der Waals surface area contributed by atoms with Crippen LogP contribution in [-0.2, 0) is 9.47 Å². The van der Waals surface area contributed by atoms with E-state index in [9.17, 15) is 0 Å². The van der Waals surface area contributed by atoms with Crippen LogP contribution >= 0.6 is 0 Å². The molecule has 0 radical (unpaired) electrons. The molecule has 2 N–H and O–H groups in total. The summed E-state index contributed by atoms with van der Waals surface area (Å²) >= 11 is 0. The Bertz CT molecular complexity index is 192. The molecule has 0 spiro atoms. The highest BCUT2D eigenvalue weighted by atomic mass is 16.5. The van der Waals surface area contributed by atoms with Crippen LogP contribution in [0.5, 0.6) is 0 Å². The average molecular weight is 199 g/mol. The van der Waals surface area contributed by atoms with E-state index in [1.54, 1.807) is 7.11 Å². The minimum absolute atomic E-state index is 0.0421. The molecule has 3 heteroatoms. The van der Waals surface area contributed by atoms with E-state index in [2.05, 4.69) is 13.0 Å². The molecular weight excluding hydrogens is 178 g/mol. The Balaban J connectivity index is 2.32. The maximum atomic E-state index is 6.03. The largest absolute Gasteiger partial charge is 0.497 e. The van der Waals surface area contributed by atoms with Crippen LogP contribution in [0.4, 0.5) is 0 Å². The van der Waals surface area contributed by atoms with E-state index in [1.807, 2.05) is 0 Å². The molecule has 14 heavy (non-hydrogen) atoms. The molecule has 1 aliphatic rings. The fraction of sp³-hybridized carbons (Fsp3) is 0.818. The van der Waals surface area contributed by atoms with Crippen molar-refractivity contribution >= 4 is 0 Å². The molecule has 0 saturated carbocycles. The summed E-state index contributed by atoms with van der Waals surface area (Å²) in [5.74, 6) is 1.46. The van der Waals surface area contributed by atoms with Crippen molar-refractivity contribution in [2.45, 2.75) is 32.2 Å². The van der Waals surface area contributed by atoms with Gasteiger partial charge in [-0.05, 0) is 31.3 Å². The van der Waals surface area contributed by atoms with Crippen molar-refractivity contribution < 1.29 is 9.47 Å². The fourth-order valence-electron chi connectivity index (χ4n) is 1.74. The molecule has 2 unspecified atom stereocenters. The minimum atomic E-state index is 0.0421. The van der Waals surface area contributed by atoms with Crippen LogP contribution in [0.15, 0.2) is 11.8 Å². The van der Waals surface area contributed by atoms with E-state index in [0.717, 1.165) is 38.2 Å². The first-order valence-corrected chi connectivity index (χ1v) is 5.31. The lowest BCUT2D eigenvalue weighted by Gasteiger charge is -2.22. The first-order valence-electron chi connectivity index (χ1n) is 5.31. The number of hydrogen-bond donors (Lipinski definition) is 1. The smallest absolute Gasteiger partial charge is 0.109 e. The molecule has 0 saturated heterocycles. The first-order chi connectivity index (χ1) is 6.74. The molecule has 0 aliphatic carbocycles. The monoisotopic (exact) mass is 199 g/mol. The van der Waals surface area contributed by atoms with Gasteiger partial charge in [-0.2, -0.15) is 0 Å². The summed E-state index contributed by atoms with van der Waals surface area (Å²) in [5.41, 5.74) is 6.03. The zero-order chi connectivity index (χ0) is 10.4. The van der Waals surface area contributed by atoms with Crippen molar-refractivity contribution in [2.75, 3.05) is 20.3 Å². The van der Waals surface area contributed by atoms with Crippen molar-refractivity contribution in [1.82, 2.24) is 0 Å². The molecule has 2 atom stereocenters. The molecule has 0 fully saturated rings. The second-order valence-electron chi connectivity index (χ2n) is 4.00. The SMILES string of the molecule is COCC(C)CC(N)C1=CCCCO1. The molecule has 0 aromatic heterocycles. The summed E-state index contributed by atoms with van der Waals surface area (Å²) in [6.45, 7) is 3.73. The minimum Gasteiger partial charge on any atom is -0.497 e. The zero-order valence-electron chi connectivity index (χ0n) is 9.16. The Morgan fingerprint density at radius 1 is 1.64 bits per heavy atom. The van der Waals surface area contributed by atoms with Gasteiger partial charge in [0, 0.05) is 13.7 Å². The van der Waals surface area contributed by atoms with Crippen LogP contribution in [0.2, 0.25) is 0 Å². The van der Waals surface area contributed by atoms with Crippen LogP contribution in [-0.4, -0.2) is 26.4 Å². The Hall–Kier alpha value is -0.540. The quantitative estimate of drug-likeness (QED) is 0.732. The Morgan fingerprint density at radius 2 is 2.43 bits per heavy atom. The van der Waals surface area contributed by atoms with Crippen molar-refractivity contribution in [1.29, 1.82) is 0 Å². The topological polar surface area (TPSA) is 44.5 Å². The number of nitrogens with two attached hydrogens (primary N) is 1. The van der Waals surface area contributed by atoms with Crippen molar-refractivity contribution in [3.05, 3.63) is 11.8 Å². The summed E-state index contributed by atoms with van der Waals surface area (Å²) in [6.07, 6.45) is 5.26. The first kappa shape index (κ1) is 11.5. The van der Waals surface area contributed by atoms with Crippen molar-refractivity contribution in [3.63, 3.8) is 0 Å². The summed E-state index contributed by atoms with van der Waals surface area (Å²) in [4.78, 5) is 0. The number of rotatable bonds is 5. The van der Waals surface area contributed by atoms with Gasteiger partial charge in [0.1, 0.15) is 5.76 Å². The van der Waals surface area contributed by atoms with Crippen molar-refractivity contribution in [3.8, 4) is 0 Å². The van der Waals surface area contributed by atoms with Crippen molar-refractivity contribution in [2.24, 2.45) is 11.7 Å². The van der Waals surface area contributed by atoms with Gasteiger partial charge in [-0.15, -0.1) is 0 Å². The van der Waals surface area contributed by atoms with Gasteiger partial charge in [-0.3, -0.25) is 0 Å². The molecule has 82 valence electrons. The second-order valence-corrected chi connectivity index (χ2v) is 4.00. The van der Waals surface area contributed by atoms with Crippen LogP contribution in [0.1, 0.15) is 26.2 Å². The lowest BCUT2D eigenvalue weighted by Crippen LogP contribution is -2.29. The van der Waals surface area contributed by atoms with E-state index >= 15 is 0 Å². The number of methoxy groups -OCH3 is 1. The molecule has 1 rings (SSSR count). The van der Waals surface area contributed by atoms with E-state index < -0.39 is 0 Å². The van der Waals surface area contributed by atoms with E-state index in [-0.39, 0.29) is 6.04 Å². The van der Waals surface area contributed by atoms with Gasteiger partial charge in [0.05, 0.1) is 12.6 Å². The third kappa shape index (κ3) is 3.68. The van der Waals surface area contributed by atoms with Gasteiger partial charge in [0.2, 0.25) is 0 Å². The van der Waals surface area contributed by atoms with Gasteiger partial charge in [0.15, 0.2) is 0 Å². The maximum Gasteiger partial charge on any atom is 0.109 e. The lowest BCUT2D eigenvalue weighted by molar-refractivity contribution is 0.138. The highest BCUT2D eigenvalue weighted by Crippen LogP contribution is 2.17. The van der Waals surface area contributed by atoms with Gasteiger partial charge in [-0.1, -0.05) is 6.92 Å². The van der Waals surface area contributed by atoms with E-state index in [1.165, 1.54) is 0 Å². The molecule has 0 bridgehead atoms. The lowest BCUT2D eigenvalue weighted by atomic mass is 10.0. The predicted molar refractivity (Wildman–Crippen MR) is 56.9 cm³/mol. The van der Waals surface area contributed by atoms with Gasteiger partial charge >= 0.3 is 0 Å². The molecule has 3 nitrogen and oxygen atoms in total. The molecule has 0 amide bonds. The Kier molecular flexibility index (Phi) is 4.98. The fourth-order valence-corrected chi connectivity index (χ4v) is 1.74. The number of hydrogen-bond acceptors (Lipinski definition) is 3. The predicted octanol–water partition coefficient (Wildman–Crippen LogP) is 1.68. The normalized spacial score (nSPS) is 20.9. The van der Waals surface area contributed by atoms with Gasteiger partial charge in [-0.25, -0.2) is 0 Å². The zero-order valence-corrected chi connectivity index (χ0v) is 9.16. The average Bonchev–Trinajstić information content (AvgIpc) is 2.19. The van der Waals surface area contributed by atoms with E-state index in [0.29, 0.717) is 5.92 Å². The second kappa shape index (κ2) is 6.04. The number of allylic oxidation sites excluding steroid dienone is 1. The van der Waals surface area contributed by atoms with Gasteiger partial charge in [0.25, 0.3) is 0 Å². The Morgan fingerprint density at radius 3 is 3.00 bits per heavy atom. The molecule has 1 heterocycles.